The van der Waals surface area contributed by atoms with E-state index in [9.17, 15) is 24.4 Å². The molecule has 1 atom stereocenters. The maximum absolute atomic E-state index is 11.8. The molecular formula is C13H21N2O7P. The number of aliphatic hydroxyl groups is 1. The SMILES string of the molecule is COc1ccc(C(N(C)CC(=O)N(O)CCO)P(=O)(O)O)cc1. The molecule has 0 aromatic heterocycles. The first-order valence-electron chi connectivity index (χ1n) is 6.70. The number of benzene rings is 1. The summed E-state index contributed by atoms with van der Waals surface area (Å²) in [5.74, 6) is -1.60. The van der Waals surface area contributed by atoms with E-state index in [1.54, 1.807) is 12.1 Å². The summed E-state index contributed by atoms with van der Waals surface area (Å²) in [6, 6.07) is 6.09. The number of carbonyl (C=O) groups is 1. The standard InChI is InChI=1S/C13H21N2O7P/c1-14(9-12(17)15(18)7-8-16)13(23(19,20)21)10-3-5-11(22-2)6-4-10/h3-6,13,16,18H,7-9H2,1-2H3,(H2,19,20,21). The molecule has 1 unspecified atom stereocenters. The number of ether oxygens (including phenoxy) is 1. The highest BCUT2D eigenvalue weighted by Crippen LogP contribution is 2.53. The molecule has 4 N–H and O–H groups in total. The lowest BCUT2D eigenvalue weighted by Crippen LogP contribution is -2.39. The van der Waals surface area contributed by atoms with Crippen molar-refractivity contribution < 1.29 is 34.2 Å². The van der Waals surface area contributed by atoms with Crippen LogP contribution in [-0.2, 0) is 9.36 Å². The fourth-order valence-corrected chi connectivity index (χ4v) is 3.24. The van der Waals surface area contributed by atoms with Gasteiger partial charge in [-0.15, -0.1) is 0 Å². The van der Waals surface area contributed by atoms with Gasteiger partial charge in [-0.2, -0.15) is 0 Å². The molecule has 0 saturated carbocycles. The van der Waals surface area contributed by atoms with Crippen molar-refractivity contribution in [1.29, 1.82) is 0 Å². The van der Waals surface area contributed by atoms with Crippen molar-refractivity contribution in [3.8, 4) is 5.75 Å². The average molecular weight is 348 g/mol. The first kappa shape index (κ1) is 19.6. The summed E-state index contributed by atoms with van der Waals surface area (Å²) in [4.78, 5) is 32.1. The molecule has 9 nitrogen and oxygen atoms in total. The molecule has 0 aliphatic rings. The molecule has 23 heavy (non-hydrogen) atoms. The van der Waals surface area contributed by atoms with E-state index in [2.05, 4.69) is 0 Å². The molecule has 0 aliphatic carbocycles. The van der Waals surface area contributed by atoms with Crippen LogP contribution in [0.3, 0.4) is 0 Å². The highest BCUT2D eigenvalue weighted by molar-refractivity contribution is 7.52. The number of hydrogen-bond acceptors (Lipinski definition) is 6. The van der Waals surface area contributed by atoms with Gasteiger partial charge in [0.05, 0.1) is 26.8 Å². The molecule has 0 aliphatic heterocycles. The third-order valence-electron chi connectivity index (χ3n) is 3.13. The van der Waals surface area contributed by atoms with Gasteiger partial charge in [-0.25, -0.2) is 5.06 Å². The van der Waals surface area contributed by atoms with Crippen LogP contribution in [0.2, 0.25) is 0 Å². The minimum Gasteiger partial charge on any atom is -0.497 e. The zero-order valence-corrected chi connectivity index (χ0v) is 13.8. The zero-order chi connectivity index (χ0) is 17.6. The molecule has 0 heterocycles. The van der Waals surface area contributed by atoms with E-state index in [0.29, 0.717) is 16.4 Å². The zero-order valence-electron chi connectivity index (χ0n) is 12.9. The molecule has 0 bridgehead atoms. The number of rotatable bonds is 8. The third-order valence-corrected chi connectivity index (χ3v) is 4.46. The molecule has 0 saturated heterocycles. The Bertz CT molecular complexity index is 560. The van der Waals surface area contributed by atoms with Crippen molar-refractivity contribution in [3.63, 3.8) is 0 Å². The van der Waals surface area contributed by atoms with E-state index < -0.39 is 32.4 Å². The Morgan fingerprint density at radius 2 is 1.87 bits per heavy atom. The molecule has 0 radical (unpaired) electrons. The van der Waals surface area contributed by atoms with Gasteiger partial charge in [0.1, 0.15) is 11.5 Å². The van der Waals surface area contributed by atoms with Gasteiger partial charge in [0.15, 0.2) is 0 Å². The number of carbonyl (C=O) groups excluding carboxylic acids is 1. The van der Waals surface area contributed by atoms with Crippen LogP contribution in [0.15, 0.2) is 24.3 Å². The third kappa shape index (κ3) is 5.58. The number of hydrogen-bond donors (Lipinski definition) is 4. The largest absolute Gasteiger partial charge is 0.497 e. The van der Waals surface area contributed by atoms with Gasteiger partial charge in [0.25, 0.3) is 5.91 Å². The maximum atomic E-state index is 11.8. The van der Waals surface area contributed by atoms with Crippen LogP contribution in [0, 0.1) is 0 Å². The number of nitrogens with zero attached hydrogens (tertiary/aromatic N) is 2. The molecule has 10 heteroatoms. The lowest BCUT2D eigenvalue weighted by Gasteiger charge is -2.29. The summed E-state index contributed by atoms with van der Waals surface area (Å²) < 4.78 is 16.8. The van der Waals surface area contributed by atoms with Crippen molar-refractivity contribution in [2.45, 2.75) is 5.78 Å². The fraction of sp³-hybridized carbons (Fsp3) is 0.462. The normalized spacial score (nSPS) is 13.0. The highest BCUT2D eigenvalue weighted by Gasteiger charge is 2.35. The van der Waals surface area contributed by atoms with Crippen molar-refractivity contribution in [1.82, 2.24) is 9.96 Å². The Balaban J connectivity index is 2.97. The molecular weight excluding hydrogens is 327 g/mol. The molecule has 0 fully saturated rings. The van der Waals surface area contributed by atoms with E-state index in [1.807, 2.05) is 0 Å². The first-order chi connectivity index (χ1) is 10.7. The quantitative estimate of drug-likeness (QED) is 0.294. The molecule has 1 aromatic carbocycles. The van der Waals surface area contributed by atoms with Crippen LogP contribution < -0.4 is 4.74 Å². The van der Waals surface area contributed by atoms with Crippen LogP contribution in [0.1, 0.15) is 11.3 Å². The Kier molecular flexibility index (Phi) is 7.14. The summed E-state index contributed by atoms with van der Waals surface area (Å²) in [6.45, 7) is -1.14. The van der Waals surface area contributed by atoms with Gasteiger partial charge in [0, 0.05) is 0 Å². The van der Waals surface area contributed by atoms with Crippen LogP contribution >= 0.6 is 7.60 Å². The van der Waals surface area contributed by atoms with E-state index in [1.165, 1.54) is 26.3 Å². The predicted octanol–water partition coefficient (Wildman–Crippen LogP) is 0.0134. The van der Waals surface area contributed by atoms with Crippen LogP contribution in [0.4, 0.5) is 0 Å². The number of amides is 1. The van der Waals surface area contributed by atoms with Gasteiger partial charge >= 0.3 is 7.60 Å². The fourth-order valence-electron chi connectivity index (χ4n) is 2.08. The lowest BCUT2D eigenvalue weighted by atomic mass is 10.2. The van der Waals surface area contributed by atoms with E-state index in [4.69, 9.17) is 9.84 Å². The van der Waals surface area contributed by atoms with Gasteiger partial charge in [-0.1, -0.05) is 12.1 Å². The second kappa shape index (κ2) is 8.39. The minimum atomic E-state index is -4.60. The van der Waals surface area contributed by atoms with E-state index in [-0.39, 0.29) is 6.54 Å². The monoisotopic (exact) mass is 348 g/mol. The van der Waals surface area contributed by atoms with Crippen molar-refractivity contribution in [3.05, 3.63) is 29.8 Å². The molecule has 1 rings (SSSR count). The van der Waals surface area contributed by atoms with Crippen LogP contribution in [0.5, 0.6) is 5.75 Å². The summed E-state index contributed by atoms with van der Waals surface area (Å²) >= 11 is 0. The predicted molar refractivity (Wildman–Crippen MR) is 81.0 cm³/mol. The van der Waals surface area contributed by atoms with Crippen LogP contribution in [0.25, 0.3) is 0 Å². The van der Waals surface area contributed by atoms with Crippen molar-refractivity contribution in [2.75, 3.05) is 33.9 Å². The Morgan fingerprint density at radius 1 is 1.30 bits per heavy atom. The second-order valence-corrected chi connectivity index (χ2v) is 6.56. The van der Waals surface area contributed by atoms with Gasteiger partial charge in [0.2, 0.25) is 0 Å². The Labute approximate surface area is 133 Å². The Morgan fingerprint density at radius 3 is 2.30 bits per heavy atom. The smallest absolute Gasteiger partial charge is 0.347 e. The Hall–Kier alpha value is -1.48. The topological polar surface area (TPSA) is 131 Å². The first-order valence-corrected chi connectivity index (χ1v) is 8.38. The van der Waals surface area contributed by atoms with Gasteiger partial charge < -0.3 is 19.6 Å². The number of methoxy groups -OCH3 is 1. The molecule has 1 aromatic rings. The van der Waals surface area contributed by atoms with Crippen molar-refractivity contribution in [2.24, 2.45) is 0 Å². The lowest BCUT2D eigenvalue weighted by molar-refractivity contribution is -0.168. The summed E-state index contributed by atoms with van der Waals surface area (Å²) in [6.07, 6.45) is 0. The van der Waals surface area contributed by atoms with E-state index >= 15 is 0 Å². The highest BCUT2D eigenvalue weighted by atomic mass is 31.2. The average Bonchev–Trinajstić information content (AvgIpc) is 2.46. The number of likely N-dealkylation sites (N-methyl/N-ethyl adjacent to an activating group) is 1. The molecule has 1 amide bonds. The molecule has 0 spiro atoms. The van der Waals surface area contributed by atoms with Crippen LogP contribution in [-0.4, -0.2) is 69.8 Å². The number of hydroxylamine groups is 2. The van der Waals surface area contributed by atoms with E-state index in [0.717, 1.165) is 4.90 Å². The van der Waals surface area contributed by atoms with Crippen molar-refractivity contribution >= 4 is 13.5 Å². The van der Waals surface area contributed by atoms with Gasteiger partial charge in [-0.3, -0.25) is 19.5 Å². The minimum absolute atomic E-state index is 0.282. The van der Waals surface area contributed by atoms with Gasteiger partial charge in [-0.05, 0) is 24.7 Å². The molecule has 130 valence electrons. The number of aliphatic hydroxyl groups excluding tert-OH is 1. The second-order valence-electron chi connectivity index (χ2n) is 4.89. The maximum Gasteiger partial charge on any atom is 0.347 e. The summed E-state index contributed by atoms with van der Waals surface area (Å²) in [5, 5.41) is 18.4. The summed E-state index contributed by atoms with van der Waals surface area (Å²) in [5.41, 5.74) is 0.307. The summed E-state index contributed by atoms with van der Waals surface area (Å²) in [7, 11) is -1.77.